The van der Waals surface area contributed by atoms with E-state index in [2.05, 4.69) is 20.8 Å². The molecule has 2 aromatic heterocycles. The van der Waals surface area contributed by atoms with Gasteiger partial charge >= 0.3 is 0 Å². The predicted octanol–water partition coefficient (Wildman–Crippen LogP) is 2.91. The van der Waals surface area contributed by atoms with Crippen molar-refractivity contribution in [2.45, 2.75) is 18.1 Å². The highest BCUT2D eigenvalue weighted by Crippen LogP contribution is 2.30. The summed E-state index contributed by atoms with van der Waals surface area (Å²) in [6.45, 7) is 3.62. The van der Waals surface area contributed by atoms with Crippen LogP contribution in [0.4, 0.5) is 5.69 Å². The summed E-state index contributed by atoms with van der Waals surface area (Å²) in [7, 11) is -3.69. The molecule has 112 valence electrons. The number of hydrogen-bond acceptors (Lipinski definition) is 5. The van der Waals surface area contributed by atoms with E-state index in [1.165, 1.54) is 6.20 Å². The number of nitriles is 1. The fraction of sp³-hybridized carbons (Fsp3) is 0.143. The van der Waals surface area contributed by atoms with Crippen molar-refractivity contribution in [2.24, 2.45) is 0 Å². The standard InChI is InChI=1S/C14H12N4O2S2/c1-8-3-4-11(14-13(8)10(5-15)6-17-14)18-22(19,20)12-7-16-9(2)21-12/h3-4,6-7,17-18H,1-2H3. The number of sulfonamides is 1. The van der Waals surface area contributed by atoms with Gasteiger partial charge in [0.05, 0.1) is 28.0 Å². The molecule has 0 atom stereocenters. The fourth-order valence-electron chi connectivity index (χ4n) is 2.25. The molecule has 1 aromatic carbocycles. The van der Waals surface area contributed by atoms with Crippen LogP contribution in [0.15, 0.2) is 28.7 Å². The molecule has 0 aliphatic carbocycles. The Morgan fingerprint density at radius 2 is 2.14 bits per heavy atom. The highest BCUT2D eigenvalue weighted by Gasteiger charge is 2.19. The first-order valence-electron chi connectivity index (χ1n) is 6.38. The maximum atomic E-state index is 12.4. The van der Waals surface area contributed by atoms with E-state index in [0.717, 1.165) is 22.3 Å². The fourth-order valence-corrected chi connectivity index (χ4v) is 4.43. The summed E-state index contributed by atoms with van der Waals surface area (Å²) >= 11 is 1.11. The Labute approximate surface area is 131 Å². The second-order valence-corrected chi connectivity index (χ2v) is 7.94. The van der Waals surface area contributed by atoms with Gasteiger partial charge in [0.1, 0.15) is 6.07 Å². The molecule has 2 N–H and O–H groups in total. The molecule has 0 spiro atoms. The summed E-state index contributed by atoms with van der Waals surface area (Å²) < 4.78 is 27.5. The number of rotatable bonds is 3. The SMILES string of the molecule is Cc1ncc(S(=O)(=O)Nc2ccc(C)c3c(C#N)c[nH]c23)s1. The van der Waals surface area contributed by atoms with Gasteiger partial charge in [-0.25, -0.2) is 13.4 Å². The summed E-state index contributed by atoms with van der Waals surface area (Å²) in [5.74, 6) is 0. The van der Waals surface area contributed by atoms with Crippen LogP contribution < -0.4 is 4.72 Å². The number of aromatic amines is 1. The van der Waals surface area contributed by atoms with E-state index in [-0.39, 0.29) is 4.21 Å². The van der Waals surface area contributed by atoms with E-state index in [0.29, 0.717) is 21.8 Å². The van der Waals surface area contributed by atoms with Gasteiger partial charge in [0.15, 0.2) is 4.21 Å². The van der Waals surface area contributed by atoms with Crippen molar-refractivity contribution in [1.29, 1.82) is 5.26 Å². The quantitative estimate of drug-likeness (QED) is 0.770. The second kappa shape index (κ2) is 5.12. The Kier molecular flexibility index (Phi) is 3.39. The number of fused-ring (bicyclic) bond motifs is 1. The monoisotopic (exact) mass is 332 g/mol. The average molecular weight is 332 g/mol. The van der Waals surface area contributed by atoms with Crippen LogP contribution in [0.25, 0.3) is 10.9 Å². The number of aromatic nitrogens is 2. The lowest BCUT2D eigenvalue weighted by atomic mass is 10.1. The Balaban J connectivity index is 2.11. The number of benzene rings is 1. The van der Waals surface area contributed by atoms with Crippen LogP contribution in [0.2, 0.25) is 0 Å². The smallest absolute Gasteiger partial charge is 0.273 e. The Morgan fingerprint density at radius 1 is 1.36 bits per heavy atom. The van der Waals surface area contributed by atoms with E-state index in [9.17, 15) is 8.42 Å². The summed E-state index contributed by atoms with van der Waals surface area (Å²) in [4.78, 5) is 6.93. The zero-order chi connectivity index (χ0) is 15.9. The van der Waals surface area contributed by atoms with E-state index in [4.69, 9.17) is 5.26 Å². The van der Waals surface area contributed by atoms with Gasteiger partial charge in [0.25, 0.3) is 10.0 Å². The molecule has 2 heterocycles. The minimum absolute atomic E-state index is 0.158. The zero-order valence-corrected chi connectivity index (χ0v) is 13.5. The Hall–Kier alpha value is -2.37. The van der Waals surface area contributed by atoms with Crippen molar-refractivity contribution in [1.82, 2.24) is 9.97 Å². The van der Waals surface area contributed by atoms with Gasteiger partial charge in [-0.05, 0) is 25.5 Å². The summed E-state index contributed by atoms with van der Waals surface area (Å²) in [6, 6.07) is 5.57. The van der Waals surface area contributed by atoms with Crippen molar-refractivity contribution in [3.8, 4) is 6.07 Å². The largest absolute Gasteiger partial charge is 0.358 e. The van der Waals surface area contributed by atoms with Gasteiger partial charge in [-0.15, -0.1) is 11.3 Å². The van der Waals surface area contributed by atoms with Crippen LogP contribution in [0.3, 0.4) is 0 Å². The molecule has 0 saturated carbocycles. The number of thiazole rings is 1. The van der Waals surface area contributed by atoms with E-state index in [1.807, 2.05) is 6.92 Å². The highest BCUT2D eigenvalue weighted by atomic mass is 32.2. The molecule has 8 heteroatoms. The second-order valence-electron chi connectivity index (χ2n) is 4.80. The van der Waals surface area contributed by atoms with E-state index >= 15 is 0 Å². The number of aryl methyl sites for hydroxylation is 2. The first kappa shape index (κ1) is 14.6. The average Bonchev–Trinajstić information content (AvgIpc) is 3.08. The molecule has 0 unspecified atom stereocenters. The molecule has 3 rings (SSSR count). The summed E-state index contributed by atoms with van der Waals surface area (Å²) in [5, 5.41) is 10.5. The Bertz CT molecular complexity index is 1010. The first-order valence-corrected chi connectivity index (χ1v) is 8.68. The van der Waals surface area contributed by atoms with Gasteiger partial charge in [-0.2, -0.15) is 5.26 Å². The normalized spacial score (nSPS) is 11.5. The lowest BCUT2D eigenvalue weighted by Gasteiger charge is -2.08. The van der Waals surface area contributed by atoms with Gasteiger partial charge in [0.2, 0.25) is 0 Å². The zero-order valence-electron chi connectivity index (χ0n) is 11.8. The number of anilines is 1. The van der Waals surface area contributed by atoms with Crippen molar-refractivity contribution >= 4 is 38.0 Å². The maximum Gasteiger partial charge on any atom is 0.273 e. The lowest BCUT2D eigenvalue weighted by molar-refractivity contribution is 0.603. The van der Waals surface area contributed by atoms with Crippen molar-refractivity contribution < 1.29 is 8.42 Å². The van der Waals surface area contributed by atoms with Gasteiger partial charge < -0.3 is 4.98 Å². The number of hydrogen-bond donors (Lipinski definition) is 2. The minimum atomic E-state index is -3.69. The van der Waals surface area contributed by atoms with Crippen LogP contribution in [0.1, 0.15) is 16.1 Å². The molecular weight excluding hydrogens is 320 g/mol. The van der Waals surface area contributed by atoms with Crippen molar-refractivity contribution in [2.75, 3.05) is 4.72 Å². The van der Waals surface area contributed by atoms with Crippen LogP contribution in [-0.2, 0) is 10.0 Å². The molecule has 6 nitrogen and oxygen atoms in total. The molecule has 3 aromatic rings. The predicted molar refractivity (Wildman–Crippen MR) is 85.4 cm³/mol. The molecule has 0 radical (unpaired) electrons. The van der Waals surface area contributed by atoms with E-state index in [1.54, 1.807) is 25.3 Å². The maximum absolute atomic E-state index is 12.4. The third kappa shape index (κ3) is 2.34. The first-order chi connectivity index (χ1) is 10.4. The molecule has 22 heavy (non-hydrogen) atoms. The summed E-state index contributed by atoms with van der Waals surface area (Å²) in [6.07, 6.45) is 2.91. The van der Waals surface area contributed by atoms with Gasteiger partial charge in [0, 0.05) is 11.6 Å². The van der Waals surface area contributed by atoms with Crippen LogP contribution >= 0.6 is 11.3 Å². The third-order valence-electron chi connectivity index (χ3n) is 3.27. The molecule has 0 aliphatic heterocycles. The summed E-state index contributed by atoms with van der Waals surface area (Å²) in [5.41, 5.74) is 2.40. The third-order valence-corrected chi connectivity index (χ3v) is 6.01. The van der Waals surface area contributed by atoms with Crippen LogP contribution in [0.5, 0.6) is 0 Å². The number of nitrogens with one attached hydrogen (secondary N) is 2. The number of nitrogens with zero attached hydrogens (tertiary/aromatic N) is 2. The molecular formula is C14H12N4O2S2. The molecule has 0 saturated heterocycles. The molecule has 0 amide bonds. The van der Waals surface area contributed by atoms with Crippen molar-refractivity contribution in [3.63, 3.8) is 0 Å². The highest BCUT2D eigenvalue weighted by molar-refractivity contribution is 7.94. The van der Waals surface area contributed by atoms with Gasteiger partial charge in [-0.1, -0.05) is 6.07 Å². The molecule has 0 aliphatic rings. The molecule has 0 bridgehead atoms. The van der Waals surface area contributed by atoms with E-state index < -0.39 is 10.0 Å². The number of H-pyrrole nitrogens is 1. The van der Waals surface area contributed by atoms with Crippen molar-refractivity contribution in [3.05, 3.63) is 40.7 Å². The minimum Gasteiger partial charge on any atom is -0.358 e. The molecule has 0 fully saturated rings. The lowest BCUT2D eigenvalue weighted by Crippen LogP contribution is -2.11. The van der Waals surface area contributed by atoms with Crippen LogP contribution in [-0.4, -0.2) is 18.4 Å². The van der Waals surface area contributed by atoms with Gasteiger partial charge in [-0.3, -0.25) is 4.72 Å². The topological polar surface area (TPSA) is 98.6 Å². The van der Waals surface area contributed by atoms with Crippen LogP contribution in [0, 0.1) is 25.2 Å². The Morgan fingerprint density at radius 3 is 2.77 bits per heavy atom.